The van der Waals surface area contributed by atoms with Gasteiger partial charge in [-0.1, -0.05) is 135 Å². The highest BCUT2D eigenvalue weighted by atomic mass is 16.3. The molecule has 0 N–H and O–H groups in total. The van der Waals surface area contributed by atoms with Crippen molar-refractivity contribution in [1.29, 1.82) is 0 Å². The lowest BCUT2D eigenvalue weighted by Crippen LogP contribution is -2.15. The summed E-state index contributed by atoms with van der Waals surface area (Å²) >= 11 is 0. The predicted octanol–water partition coefficient (Wildman–Crippen LogP) is 13.1. The van der Waals surface area contributed by atoms with Crippen LogP contribution in [0.5, 0.6) is 0 Å². The van der Waals surface area contributed by atoms with Crippen LogP contribution in [0.4, 0.5) is 0 Å². The van der Waals surface area contributed by atoms with Crippen molar-refractivity contribution < 1.29 is 4.42 Å². The van der Waals surface area contributed by atoms with Crippen LogP contribution in [0.15, 0.2) is 162 Å². The molecule has 0 saturated heterocycles. The zero-order valence-electron chi connectivity index (χ0n) is 28.8. The molecule has 52 heavy (non-hydrogen) atoms. The average Bonchev–Trinajstić information content (AvgIpc) is 3.69. The van der Waals surface area contributed by atoms with Gasteiger partial charge in [0.15, 0.2) is 0 Å². The molecular formula is C49H32N2O. The van der Waals surface area contributed by atoms with Crippen molar-refractivity contribution in [3.8, 4) is 44.5 Å². The van der Waals surface area contributed by atoms with Gasteiger partial charge in [-0.15, -0.1) is 0 Å². The number of furan rings is 1. The molecule has 2 aromatic heterocycles. The molecule has 0 amide bonds. The van der Waals surface area contributed by atoms with Gasteiger partial charge in [0.05, 0.1) is 11.0 Å². The number of hydrogen-bond donors (Lipinski definition) is 0. The number of para-hydroxylation sites is 2. The van der Waals surface area contributed by atoms with Crippen LogP contribution in [0.1, 0.15) is 25.0 Å². The Morgan fingerprint density at radius 1 is 0.404 bits per heavy atom. The van der Waals surface area contributed by atoms with Gasteiger partial charge in [-0.05, 0) is 85.1 Å². The Bertz CT molecular complexity index is 3060. The average molecular weight is 665 g/mol. The number of hydrogen-bond acceptors (Lipinski definition) is 3. The van der Waals surface area contributed by atoms with Crippen LogP contribution in [0, 0.1) is 0 Å². The summed E-state index contributed by atoms with van der Waals surface area (Å²) in [5.41, 5.74) is 16.1. The zero-order valence-corrected chi connectivity index (χ0v) is 28.8. The van der Waals surface area contributed by atoms with Crippen LogP contribution in [0.2, 0.25) is 0 Å². The maximum absolute atomic E-state index is 6.34. The molecule has 0 spiro atoms. The van der Waals surface area contributed by atoms with E-state index in [-0.39, 0.29) is 5.41 Å². The highest BCUT2D eigenvalue weighted by Crippen LogP contribution is 2.51. The molecule has 3 heteroatoms. The molecule has 2 heterocycles. The normalized spacial score (nSPS) is 13.3. The van der Waals surface area contributed by atoms with Crippen molar-refractivity contribution in [2.24, 2.45) is 0 Å². The highest BCUT2D eigenvalue weighted by Gasteiger charge is 2.36. The molecule has 0 radical (unpaired) electrons. The lowest BCUT2D eigenvalue weighted by atomic mass is 9.80. The van der Waals surface area contributed by atoms with Crippen LogP contribution < -0.4 is 0 Å². The van der Waals surface area contributed by atoms with E-state index < -0.39 is 0 Å². The molecule has 0 aliphatic heterocycles. The fourth-order valence-electron chi connectivity index (χ4n) is 8.72. The minimum Gasteiger partial charge on any atom is -0.455 e. The van der Waals surface area contributed by atoms with E-state index >= 15 is 0 Å². The van der Waals surface area contributed by atoms with Crippen LogP contribution in [-0.2, 0) is 5.41 Å². The standard InChI is InChI=1S/C49H32N2O/c1-49(2)43-27-32(29-14-16-30(17-15-29)34-11-7-12-41-38-9-5-6-13-45(38)52-48(34)41)18-21-36(43)37-22-19-33(28-44(37)49)31-20-23-40-42(26-31)35-8-3-4-10-39(35)46-47(40)51-25-24-50-46/h3-28H,1-2H3. The van der Waals surface area contributed by atoms with Crippen molar-refractivity contribution >= 4 is 54.5 Å². The molecular weight excluding hydrogens is 633 g/mol. The van der Waals surface area contributed by atoms with Gasteiger partial charge in [0.2, 0.25) is 0 Å². The van der Waals surface area contributed by atoms with Crippen molar-refractivity contribution in [3.63, 3.8) is 0 Å². The summed E-state index contributed by atoms with van der Waals surface area (Å²) in [5, 5.41) is 6.97. The van der Waals surface area contributed by atoms with Crippen molar-refractivity contribution in [3.05, 3.63) is 169 Å². The van der Waals surface area contributed by atoms with Crippen molar-refractivity contribution in [2.45, 2.75) is 19.3 Å². The molecule has 0 unspecified atom stereocenters. The quantitative estimate of drug-likeness (QED) is 0.176. The first-order chi connectivity index (χ1) is 25.5. The molecule has 0 saturated carbocycles. The summed E-state index contributed by atoms with van der Waals surface area (Å²) in [6.45, 7) is 4.72. The smallest absolute Gasteiger partial charge is 0.143 e. The Morgan fingerprint density at radius 3 is 1.67 bits per heavy atom. The third-order valence-electron chi connectivity index (χ3n) is 11.4. The fourth-order valence-corrected chi connectivity index (χ4v) is 8.72. The van der Waals surface area contributed by atoms with Gasteiger partial charge < -0.3 is 4.42 Å². The Hall–Kier alpha value is -6.58. The topological polar surface area (TPSA) is 38.9 Å². The van der Waals surface area contributed by atoms with E-state index in [0.29, 0.717) is 0 Å². The largest absolute Gasteiger partial charge is 0.455 e. The zero-order chi connectivity index (χ0) is 34.6. The van der Waals surface area contributed by atoms with E-state index in [1.807, 2.05) is 12.1 Å². The lowest BCUT2D eigenvalue weighted by molar-refractivity contribution is 0.661. The maximum atomic E-state index is 6.34. The van der Waals surface area contributed by atoms with Gasteiger partial charge in [-0.2, -0.15) is 0 Å². The third kappa shape index (κ3) is 4.14. The number of benzene rings is 8. The first-order valence-electron chi connectivity index (χ1n) is 17.9. The second-order valence-corrected chi connectivity index (χ2v) is 14.6. The second kappa shape index (κ2) is 10.7. The summed E-state index contributed by atoms with van der Waals surface area (Å²) in [5.74, 6) is 0. The minimum absolute atomic E-state index is 0.150. The molecule has 11 rings (SSSR count). The van der Waals surface area contributed by atoms with Gasteiger partial charge in [0.25, 0.3) is 0 Å². The van der Waals surface area contributed by atoms with E-state index in [0.717, 1.165) is 54.9 Å². The summed E-state index contributed by atoms with van der Waals surface area (Å²) in [7, 11) is 0. The van der Waals surface area contributed by atoms with Gasteiger partial charge in [-0.3, -0.25) is 9.97 Å². The van der Waals surface area contributed by atoms with Crippen molar-refractivity contribution in [2.75, 3.05) is 0 Å². The molecule has 0 atom stereocenters. The molecule has 1 aliphatic rings. The fraction of sp³-hybridized carbons (Fsp3) is 0.0612. The summed E-state index contributed by atoms with van der Waals surface area (Å²) < 4.78 is 6.34. The summed E-state index contributed by atoms with van der Waals surface area (Å²) in [6.07, 6.45) is 3.57. The van der Waals surface area contributed by atoms with Gasteiger partial charge in [0, 0.05) is 44.9 Å². The molecule has 10 aromatic rings. The molecule has 8 aromatic carbocycles. The van der Waals surface area contributed by atoms with Gasteiger partial charge >= 0.3 is 0 Å². The van der Waals surface area contributed by atoms with Gasteiger partial charge in [-0.25, -0.2) is 0 Å². The number of rotatable bonds is 3. The number of aromatic nitrogens is 2. The molecule has 3 nitrogen and oxygen atoms in total. The van der Waals surface area contributed by atoms with Crippen LogP contribution in [-0.4, -0.2) is 9.97 Å². The molecule has 244 valence electrons. The Labute approximate surface area is 300 Å². The minimum atomic E-state index is -0.150. The van der Waals surface area contributed by atoms with Gasteiger partial charge in [0.1, 0.15) is 11.2 Å². The SMILES string of the molecule is CC1(C)c2cc(-c3ccc(-c4cccc5c4oc4ccccc45)cc3)ccc2-c2ccc(-c3ccc4c(c3)c3ccccc3c3nccnc43)cc21. The van der Waals surface area contributed by atoms with E-state index in [1.165, 1.54) is 55.3 Å². The Balaban J connectivity index is 0.957. The monoisotopic (exact) mass is 664 g/mol. The second-order valence-electron chi connectivity index (χ2n) is 14.6. The summed E-state index contributed by atoms with van der Waals surface area (Å²) in [4.78, 5) is 9.46. The predicted molar refractivity (Wildman–Crippen MR) is 216 cm³/mol. The first-order valence-corrected chi connectivity index (χ1v) is 17.9. The van der Waals surface area contributed by atoms with Crippen molar-refractivity contribution in [1.82, 2.24) is 9.97 Å². The van der Waals surface area contributed by atoms with Crippen LogP contribution in [0.25, 0.3) is 99.0 Å². The Kier molecular flexibility index (Phi) is 6.01. The lowest BCUT2D eigenvalue weighted by Gasteiger charge is -2.23. The molecule has 0 bridgehead atoms. The molecule has 1 aliphatic carbocycles. The molecule has 0 fully saturated rings. The highest BCUT2D eigenvalue weighted by molar-refractivity contribution is 6.23. The van der Waals surface area contributed by atoms with E-state index in [2.05, 4.69) is 147 Å². The van der Waals surface area contributed by atoms with Crippen LogP contribution in [0.3, 0.4) is 0 Å². The van der Waals surface area contributed by atoms with Crippen LogP contribution >= 0.6 is 0 Å². The van der Waals surface area contributed by atoms with E-state index in [1.54, 1.807) is 12.4 Å². The Morgan fingerprint density at radius 2 is 0.942 bits per heavy atom. The van der Waals surface area contributed by atoms with E-state index in [9.17, 15) is 0 Å². The number of nitrogens with zero attached hydrogens (tertiary/aromatic N) is 2. The third-order valence-corrected chi connectivity index (χ3v) is 11.4. The number of fused-ring (bicyclic) bond motifs is 12. The first kappa shape index (κ1) is 29.2. The maximum Gasteiger partial charge on any atom is 0.143 e. The summed E-state index contributed by atoms with van der Waals surface area (Å²) in [6, 6.07) is 52.9. The van der Waals surface area contributed by atoms with E-state index in [4.69, 9.17) is 14.4 Å².